The molecule has 1 heterocycles. The molecule has 2 aromatic rings. The molecule has 3 N–H and O–H groups in total. The average Bonchev–Trinajstić information content (AvgIpc) is 2.76. The van der Waals surface area contributed by atoms with Crippen molar-refractivity contribution in [3.63, 3.8) is 0 Å². The van der Waals surface area contributed by atoms with E-state index in [2.05, 4.69) is 15.4 Å². The zero-order valence-electron chi connectivity index (χ0n) is 21.0. The molecule has 11 nitrogen and oxygen atoms in total. The predicted octanol–water partition coefficient (Wildman–Crippen LogP) is 3.07. The molecule has 1 aliphatic rings. The topological polar surface area (TPSA) is 143 Å². The Bertz CT molecular complexity index is 1320. The molecule has 2 aromatic carbocycles. The first-order valence-corrected chi connectivity index (χ1v) is 12.9. The minimum atomic E-state index is -3.52. The molecule has 0 atom stereocenters. The molecule has 1 saturated heterocycles. The van der Waals surface area contributed by atoms with Crippen LogP contribution in [0.4, 0.5) is 21.9 Å². The summed E-state index contributed by atoms with van der Waals surface area (Å²) in [6, 6.07) is 7.14. The van der Waals surface area contributed by atoms with E-state index in [9.17, 15) is 22.8 Å². The molecule has 0 aromatic heterocycles. The van der Waals surface area contributed by atoms with Crippen LogP contribution in [0.2, 0.25) is 0 Å². The van der Waals surface area contributed by atoms with Gasteiger partial charge in [-0.1, -0.05) is 20.8 Å². The van der Waals surface area contributed by atoms with E-state index in [1.165, 1.54) is 37.3 Å². The summed E-state index contributed by atoms with van der Waals surface area (Å²) in [7, 11) is -0.665. The molecule has 1 fully saturated rings. The third kappa shape index (κ3) is 6.06. The Hall–Kier alpha value is -3.80. The number of amides is 4. The van der Waals surface area contributed by atoms with Crippen molar-refractivity contribution in [3.8, 4) is 11.5 Å². The zero-order valence-corrected chi connectivity index (χ0v) is 21.8. The molecular formula is C24H30N4O7S. The van der Waals surface area contributed by atoms with Crippen LogP contribution >= 0.6 is 0 Å². The molecule has 0 unspecified atom stereocenters. The first-order valence-electron chi connectivity index (χ1n) is 11.0. The van der Waals surface area contributed by atoms with Gasteiger partial charge in [-0.25, -0.2) is 13.2 Å². The molecule has 0 radical (unpaired) electrons. The number of hydrogen-bond acceptors (Lipinski definition) is 7. The summed E-state index contributed by atoms with van der Waals surface area (Å²) in [5.41, 5.74) is 1.52. The highest BCUT2D eigenvalue weighted by Crippen LogP contribution is 2.41. The molecule has 194 valence electrons. The lowest BCUT2D eigenvalue weighted by Crippen LogP contribution is -2.49. The number of nitrogens with zero attached hydrogens (tertiary/aromatic N) is 1. The normalized spacial score (nSPS) is 14.2. The predicted molar refractivity (Wildman–Crippen MR) is 137 cm³/mol. The number of carbonyl (C=O) groups excluding carboxylic acids is 3. The molecule has 36 heavy (non-hydrogen) atoms. The number of imide groups is 1. The van der Waals surface area contributed by atoms with Crippen LogP contribution < -0.4 is 29.7 Å². The van der Waals surface area contributed by atoms with Gasteiger partial charge >= 0.3 is 6.03 Å². The highest BCUT2D eigenvalue weighted by molar-refractivity contribution is 7.92. The maximum absolute atomic E-state index is 13.3. The number of methoxy groups -OCH3 is 2. The minimum absolute atomic E-state index is 0.148. The van der Waals surface area contributed by atoms with Crippen molar-refractivity contribution in [2.45, 2.75) is 32.6 Å². The van der Waals surface area contributed by atoms with E-state index >= 15 is 0 Å². The molecule has 0 spiro atoms. The van der Waals surface area contributed by atoms with Gasteiger partial charge in [-0.2, -0.15) is 0 Å². The van der Waals surface area contributed by atoms with E-state index in [1.807, 2.05) is 20.8 Å². The zero-order chi connectivity index (χ0) is 26.8. The number of carbonyl (C=O) groups is 3. The minimum Gasteiger partial charge on any atom is -0.496 e. The van der Waals surface area contributed by atoms with E-state index in [-0.39, 0.29) is 35.9 Å². The van der Waals surface area contributed by atoms with Crippen molar-refractivity contribution < 1.29 is 32.3 Å². The molecule has 3 rings (SSSR count). The van der Waals surface area contributed by atoms with Gasteiger partial charge in [0.15, 0.2) is 0 Å². The lowest BCUT2D eigenvalue weighted by atomic mass is 9.85. The highest BCUT2D eigenvalue weighted by Gasteiger charge is 2.29. The van der Waals surface area contributed by atoms with Crippen LogP contribution in [0.3, 0.4) is 0 Å². The number of ether oxygens (including phenoxy) is 2. The van der Waals surface area contributed by atoms with E-state index in [0.29, 0.717) is 17.1 Å². The smallest absolute Gasteiger partial charge is 0.328 e. The molecule has 0 aliphatic carbocycles. The van der Waals surface area contributed by atoms with Crippen LogP contribution in [-0.2, 0) is 20.2 Å². The second-order valence-corrected chi connectivity index (χ2v) is 11.1. The van der Waals surface area contributed by atoms with Crippen molar-refractivity contribution >= 4 is 44.9 Å². The summed E-state index contributed by atoms with van der Waals surface area (Å²) in [6.07, 6.45) is 1.17. The molecule has 1 aliphatic heterocycles. The number of benzene rings is 2. The summed E-state index contributed by atoms with van der Waals surface area (Å²) in [5.74, 6) is -0.315. The van der Waals surface area contributed by atoms with Crippen LogP contribution in [0.5, 0.6) is 11.5 Å². The largest absolute Gasteiger partial charge is 0.496 e. The van der Waals surface area contributed by atoms with Crippen LogP contribution in [0.25, 0.3) is 0 Å². The van der Waals surface area contributed by atoms with Crippen LogP contribution in [0.15, 0.2) is 30.3 Å². The highest BCUT2D eigenvalue weighted by atomic mass is 32.2. The van der Waals surface area contributed by atoms with Crippen molar-refractivity contribution in [1.29, 1.82) is 0 Å². The van der Waals surface area contributed by atoms with Crippen LogP contribution in [-0.4, -0.2) is 53.3 Å². The van der Waals surface area contributed by atoms with E-state index in [0.717, 1.165) is 11.8 Å². The van der Waals surface area contributed by atoms with Crippen molar-refractivity contribution in [2.75, 3.05) is 42.0 Å². The Kier molecular flexibility index (Phi) is 7.48. The number of nitrogens with one attached hydrogen (secondary N) is 3. The van der Waals surface area contributed by atoms with Gasteiger partial charge in [-0.3, -0.25) is 24.5 Å². The van der Waals surface area contributed by atoms with Gasteiger partial charge in [0.1, 0.15) is 11.5 Å². The van der Waals surface area contributed by atoms with Gasteiger partial charge < -0.3 is 14.8 Å². The Morgan fingerprint density at radius 3 is 2.33 bits per heavy atom. The molecular weight excluding hydrogens is 488 g/mol. The van der Waals surface area contributed by atoms with Gasteiger partial charge in [-0.05, 0) is 29.7 Å². The van der Waals surface area contributed by atoms with Gasteiger partial charge in [0, 0.05) is 30.3 Å². The fourth-order valence-corrected chi connectivity index (χ4v) is 4.35. The van der Waals surface area contributed by atoms with Gasteiger partial charge in [0.05, 0.1) is 37.4 Å². The second kappa shape index (κ2) is 10.1. The van der Waals surface area contributed by atoms with E-state index < -0.39 is 27.4 Å². The van der Waals surface area contributed by atoms with Crippen LogP contribution in [0, 0.1) is 0 Å². The van der Waals surface area contributed by atoms with Crippen molar-refractivity contribution in [1.82, 2.24) is 5.32 Å². The molecule has 4 amide bonds. The van der Waals surface area contributed by atoms with Crippen molar-refractivity contribution in [2.24, 2.45) is 0 Å². The van der Waals surface area contributed by atoms with Crippen LogP contribution in [0.1, 0.15) is 43.1 Å². The third-order valence-corrected chi connectivity index (χ3v) is 6.06. The number of rotatable bonds is 7. The SMILES string of the molecule is COc1cc(NS(C)(=O)=O)ccc1C(=O)Nc1cc(N2CCC(=O)NC2=O)cc(C(C)(C)C)c1OC. The Labute approximate surface area is 210 Å². The molecule has 0 bridgehead atoms. The maximum atomic E-state index is 13.3. The summed E-state index contributed by atoms with van der Waals surface area (Å²) in [4.78, 5) is 38.8. The van der Waals surface area contributed by atoms with Crippen molar-refractivity contribution in [3.05, 3.63) is 41.5 Å². The fourth-order valence-electron chi connectivity index (χ4n) is 3.80. The Morgan fingerprint density at radius 1 is 1.08 bits per heavy atom. The molecule has 0 saturated carbocycles. The standard InChI is InChI=1S/C24H30N4O7S/c1-24(2,3)17-12-15(28-10-9-20(29)26-23(28)31)13-18(21(17)35-5)25-22(30)16-8-7-14(11-19(16)34-4)27-36(6,32)33/h7-8,11-13,27H,9-10H2,1-6H3,(H,25,30)(H,26,29,31). The van der Waals surface area contributed by atoms with E-state index in [1.54, 1.807) is 12.1 Å². The number of urea groups is 1. The first-order chi connectivity index (χ1) is 16.7. The molecule has 12 heteroatoms. The monoisotopic (exact) mass is 518 g/mol. The number of sulfonamides is 1. The van der Waals surface area contributed by atoms with E-state index in [4.69, 9.17) is 9.47 Å². The average molecular weight is 519 g/mol. The summed E-state index contributed by atoms with van der Waals surface area (Å²) in [5, 5.41) is 5.13. The second-order valence-electron chi connectivity index (χ2n) is 9.32. The first kappa shape index (κ1) is 26.8. The summed E-state index contributed by atoms with van der Waals surface area (Å²) < 4.78 is 36.4. The Balaban J connectivity index is 2.05. The third-order valence-electron chi connectivity index (χ3n) is 5.45. The maximum Gasteiger partial charge on any atom is 0.328 e. The number of hydrogen-bond donors (Lipinski definition) is 3. The van der Waals surface area contributed by atoms with Gasteiger partial charge in [0.25, 0.3) is 5.91 Å². The van der Waals surface area contributed by atoms with Gasteiger partial charge in [0.2, 0.25) is 15.9 Å². The summed E-state index contributed by atoms with van der Waals surface area (Å²) >= 11 is 0. The fraction of sp³-hybridized carbons (Fsp3) is 0.375. The lowest BCUT2D eigenvalue weighted by Gasteiger charge is -2.30. The Morgan fingerprint density at radius 2 is 1.78 bits per heavy atom. The quantitative estimate of drug-likeness (QED) is 0.511. The summed E-state index contributed by atoms with van der Waals surface area (Å²) in [6.45, 7) is 6.10. The lowest BCUT2D eigenvalue weighted by molar-refractivity contribution is -0.120. The number of anilines is 3. The van der Waals surface area contributed by atoms with Gasteiger partial charge in [-0.15, -0.1) is 0 Å².